The summed E-state index contributed by atoms with van der Waals surface area (Å²) in [6.07, 6.45) is 1.04. The molecule has 0 amide bonds. The van der Waals surface area contributed by atoms with E-state index in [-0.39, 0.29) is 26.4 Å². The Morgan fingerprint density at radius 2 is 1.42 bits per heavy atom. The molecule has 5 nitrogen and oxygen atoms in total. The van der Waals surface area contributed by atoms with Gasteiger partial charge >= 0.3 is 0 Å². The van der Waals surface area contributed by atoms with E-state index in [9.17, 15) is 5.11 Å². The fourth-order valence-electron chi connectivity index (χ4n) is 2.27. The molecule has 0 atom stereocenters. The molecule has 1 aromatic rings. The summed E-state index contributed by atoms with van der Waals surface area (Å²) < 4.78 is 0. The molecule has 0 aliphatic carbocycles. The second-order valence-corrected chi connectivity index (χ2v) is 4.30. The van der Waals surface area contributed by atoms with E-state index >= 15 is 0 Å². The van der Waals surface area contributed by atoms with Gasteiger partial charge in [-0.1, -0.05) is 12.1 Å². The highest BCUT2D eigenvalue weighted by atomic mass is 16.3. The fraction of sp³-hybridized carbons (Fsp3) is 0.571. The van der Waals surface area contributed by atoms with Gasteiger partial charge in [0.05, 0.1) is 13.2 Å². The highest BCUT2D eigenvalue weighted by Gasteiger charge is 2.13. The number of anilines is 1. The minimum Gasteiger partial charge on any atom is -0.396 e. The molecule has 5 heteroatoms. The normalized spacial score (nSPS) is 10.7. The zero-order valence-electron chi connectivity index (χ0n) is 11.1. The zero-order chi connectivity index (χ0) is 14.1. The number of rotatable bonds is 9. The summed E-state index contributed by atoms with van der Waals surface area (Å²) in [4.78, 5) is 1.89. The lowest BCUT2D eigenvalue weighted by Crippen LogP contribution is -2.31. The summed E-state index contributed by atoms with van der Waals surface area (Å²) in [7, 11) is 0. The van der Waals surface area contributed by atoms with Crippen LogP contribution in [0, 0.1) is 0 Å². The van der Waals surface area contributed by atoms with Crippen molar-refractivity contribution in [3.05, 3.63) is 29.3 Å². The third-order valence-electron chi connectivity index (χ3n) is 3.07. The maximum atomic E-state index is 9.20. The van der Waals surface area contributed by atoms with Gasteiger partial charge in [-0.3, -0.25) is 0 Å². The Morgan fingerprint density at radius 1 is 0.789 bits per heavy atom. The van der Waals surface area contributed by atoms with Crippen LogP contribution in [0.2, 0.25) is 0 Å². The molecule has 108 valence electrons. The maximum absolute atomic E-state index is 9.20. The number of aliphatic hydroxyl groups excluding tert-OH is 4. The fourth-order valence-corrected chi connectivity index (χ4v) is 2.27. The molecule has 0 spiro atoms. The second-order valence-electron chi connectivity index (χ2n) is 4.30. The van der Waals surface area contributed by atoms with Crippen LogP contribution in [-0.4, -0.2) is 59.9 Å². The van der Waals surface area contributed by atoms with E-state index in [1.165, 1.54) is 0 Å². The van der Waals surface area contributed by atoms with Gasteiger partial charge in [-0.2, -0.15) is 0 Å². The highest BCUT2D eigenvalue weighted by Crippen LogP contribution is 2.25. The van der Waals surface area contributed by atoms with Gasteiger partial charge < -0.3 is 25.3 Å². The van der Waals surface area contributed by atoms with Gasteiger partial charge in [0.15, 0.2) is 0 Å². The first-order valence-corrected chi connectivity index (χ1v) is 6.57. The molecule has 0 fully saturated rings. The van der Waals surface area contributed by atoms with Crippen LogP contribution >= 0.6 is 0 Å². The third kappa shape index (κ3) is 4.47. The minimum absolute atomic E-state index is 0.00277. The molecule has 0 aliphatic heterocycles. The van der Waals surface area contributed by atoms with E-state index < -0.39 is 0 Å². The molecule has 0 bridgehead atoms. The summed E-state index contributed by atoms with van der Waals surface area (Å²) in [6, 6.07) is 5.74. The predicted molar refractivity (Wildman–Crippen MR) is 74.4 cm³/mol. The monoisotopic (exact) mass is 269 g/mol. The van der Waals surface area contributed by atoms with Crippen molar-refractivity contribution in [3.8, 4) is 0 Å². The van der Waals surface area contributed by atoms with Crippen LogP contribution < -0.4 is 4.90 Å². The smallest absolute Gasteiger partial charge is 0.0606 e. The van der Waals surface area contributed by atoms with Crippen molar-refractivity contribution < 1.29 is 20.4 Å². The largest absolute Gasteiger partial charge is 0.396 e. The number of benzene rings is 1. The van der Waals surface area contributed by atoms with Crippen molar-refractivity contribution in [3.63, 3.8) is 0 Å². The summed E-state index contributed by atoms with van der Waals surface area (Å²) >= 11 is 0. The Balaban J connectivity index is 3.10. The molecule has 0 aliphatic rings. The van der Waals surface area contributed by atoms with E-state index in [2.05, 4.69) is 0 Å². The SMILES string of the molecule is OCCc1cccc(N(CCO)CCO)c1CCO. The average molecular weight is 269 g/mol. The van der Waals surface area contributed by atoms with Gasteiger partial charge in [-0.15, -0.1) is 0 Å². The summed E-state index contributed by atoms with van der Waals surface area (Å²) in [5, 5.41) is 36.5. The van der Waals surface area contributed by atoms with Crippen molar-refractivity contribution >= 4 is 5.69 Å². The van der Waals surface area contributed by atoms with Crippen molar-refractivity contribution in [1.82, 2.24) is 0 Å². The zero-order valence-corrected chi connectivity index (χ0v) is 11.1. The lowest BCUT2D eigenvalue weighted by Gasteiger charge is -2.27. The van der Waals surface area contributed by atoms with Crippen LogP contribution in [0.1, 0.15) is 11.1 Å². The Kier molecular flexibility index (Phi) is 7.43. The van der Waals surface area contributed by atoms with Crippen LogP contribution in [0.4, 0.5) is 5.69 Å². The highest BCUT2D eigenvalue weighted by molar-refractivity contribution is 5.57. The first kappa shape index (κ1) is 15.9. The van der Waals surface area contributed by atoms with E-state index in [0.717, 1.165) is 16.8 Å². The van der Waals surface area contributed by atoms with Gasteiger partial charge in [0.25, 0.3) is 0 Å². The Bertz CT molecular complexity index is 364. The summed E-state index contributed by atoms with van der Waals surface area (Å²) in [5.74, 6) is 0. The number of aliphatic hydroxyl groups is 4. The van der Waals surface area contributed by atoms with Crippen LogP contribution in [0.25, 0.3) is 0 Å². The molecule has 1 rings (SSSR count). The van der Waals surface area contributed by atoms with Crippen molar-refractivity contribution in [2.24, 2.45) is 0 Å². The van der Waals surface area contributed by atoms with E-state index in [4.69, 9.17) is 15.3 Å². The number of hydrogen-bond acceptors (Lipinski definition) is 5. The molecule has 0 saturated carbocycles. The summed E-state index contributed by atoms with van der Waals surface area (Å²) in [5.41, 5.74) is 2.87. The van der Waals surface area contributed by atoms with E-state index in [1.807, 2.05) is 23.1 Å². The standard InChI is InChI=1S/C14H23NO4/c16-8-4-12-2-1-3-14(13(12)5-9-17)15(6-10-18)7-11-19/h1-3,16-19H,4-11H2. The van der Waals surface area contributed by atoms with Gasteiger partial charge in [-0.05, 0) is 30.0 Å². The maximum Gasteiger partial charge on any atom is 0.0606 e. The van der Waals surface area contributed by atoms with Crippen LogP contribution in [0.15, 0.2) is 18.2 Å². The molecule has 0 saturated heterocycles. The molecule has 0 heterocycles. The second kappa shape index (κ2) is 8.87. The van der Waals surface area contributed by atoms with E-state index in [0.29, 0.717) is 25.9 Å². The summed E-state index contributed by atoms with van der Waals surface area (Å²) in [6.45, 7) is 0.956. The Hall–Kier alpha value is -1.14. The quantitative estimate of drug-likeness (QED) is 0.488. The van der Waals surface area contributed by atoms with Crippen molar-refractivity contribution in [2.75, 3.05) is 44.4 Å². The predicted octanol–water partition coefficient (Wildman–Crippen LogP) is -0.453. The molecular formula is C14H23NO4. The third-order valence-corrected chi connectivity index (χ3v) is 3.07. The molecule has 4 N–H and O–H groups in total. The Labute approximate surface area is 113 Å². The molecule has 0 unspecified atom stereocenters. The topological polar surface area (TPSA) is 84.2 Å². The lowest BCUT2D eigenvalue weighted by molar-refractivity contribution is 0.280. The average Bonchev–Trinajstić information content (AvgIpc) is 2.41. The van der Waals surface area contributed by atoms with Crippen LogP contribution in [0.3, 0.4) is 0 Å². The van der Waals surface area contributed by atoms with E-state index in [1.54, 1.807) is 0 Å². The number of hydrogen-bond donors (Lipinski definition) is 4. The molecule has 1 aromatic carbocycles. The van der Waals surface area contributed by atoms with Gasteiger partial charge in [0, 0.05) is 32.0 Å². The minimum atomic E-state index is 0.00277. The molecular weight excluding hydrogens is 246 g/mol. The first-order valence-electron chi connectivity index (χ1n) is 6.57. The number of nitrogens with zero attached hydrogens (tertiary/aromatic N) is 1. The molecule has 19 heavy (non-hydrogen) atoms. The lowest BCUT2D eigenvalue weighted by atomic mass is 9.99. The van der Waals surface area contributed by atoms with Gasteiger partial charge in [0.2, 0.25) is 0 Å². The first-order chi connectivity index (χ1) is 9.28. The van der Waals surface area contributed by atoms with Crippen molar-refractivity contribution in [2.45, 2.75) is 12.8 Å². The van der Waals surface area contributed by atoms with Gasteiger partial charge in [0.1, 0.15) is 0 Å². The van der Waals surface area contributed by atoms with Gasteiger partial charge in [-0.25, -0.2) is 0 Å². The van der Waals surface area contributed by atoms with Crippen LogP contribution in [0.5, 0.6) is 0 Å². The van der Waals surface area contributed by atoms with Crippen molar-refractivity contribution in [1.29, 1.82) is 0 Å². The Morgan fingerprint density at radius 3 is 1.95 bits per heavy atom. The molecule has 0 radical (unpaired) electrons. The molecule has 0 aromatic heterocycles. The van der Waals surface area contributed by atoms with Crippen LogP contribution in [-0.2, 0) is 12.8 Å².